The van der Waals surface area contributed by atoms with Gasteiger partial charge in [-0.05, 0) is 28.4 Å². The van der Waals surface area contributed by atoms with E-state index >= 15 is 0 Å². The minimum absolute atomic E-state index is 0.253. The van der Waals surface area contributed by atoms with E-state index in [1.54, 1.807) is 6.20 Å². The molecule has 0 aromatic carbocycles. The zero-order valence-corrected chi connectivity index (χ0v) is 9.79. The van der Waals surface area contributed by atoms with Crippen molar-refractivity contribution >= 4 is 33.3 Å². The molecule has 14 heavy (non-hydrogen) atoms. The maximum absolute atomic E-state index is 9.38. The van der Waals surface area contributed by atoms with Gasteiger partial charge in [0.2, 0.25) is 0 Å². The lowest BCUT2D eigenvalue weighted by Crippen LogP contribution is -2.22. The van der Waals surface area contributed by atoms with Crippen LogP contribution in [0.1, 0.15) is 6.42 Å². The molecule has 3 nitrogen and oxygen atoms in total. The van der Waals surface area contributed by atoms with Crippen molar-refractivity contribution in [2.45, 2.75) is 12.5 Å². The van der Waals surface area contributed by atoms with E-state index in [4.69, 9.17) is 11.6 Å². The second-order valence-corrected chi connectivity index (χ2v) is 4.67. The summed E-state index contributed by atoms with van der Waals surface area (Å²) in [7, 11) is 0. The van der Waals surface area contributed by atoms with Gasteiger partial charge >= 0.3 is 0 Å². The smallest absolute Gasteiger partial charge is 0.147 e. The third-order valence-corrected chi connectivity index (χ3v) is 2.96. The topological polar surface area (TPSA) is 36.4 Å². The Kier molecular flexibility index (Phi) is 2.95. The Balaban J connectivity index is 2.24. The van der Waals surface area contributed by atoms with Crippen molar-refractivity contribution in [2.75, 3.05) is 18.0 Å². The Bertz CT molecular complexity index is 348. The first kappa shape index (κ1) is 10.2. The van der Waals surface area contributed by atoms with E-state index in [9.17, 15) is 5.11 Å². The number of aliphatic hydroxyl groups excluding tert-OH is 1. The number of hydrogen-bond acceptors (Lipinski definition) is 3. The molecule has 0 spiro atoms. The summed E-state index contributed by atoms with van der Waals surface area (Å²) < 4.78 is 0.867. The summed E-state index contributed by atoms with van der Waals surface area (Å²) >= 11 is 9.34. The van der Waals surface area contributed by atoms with Gasteiger partial charge in [0.05, 0.1) is 11.1 Å². The highest BCUT2D eigenvalue weighted by Gasteiger charge is 2.22. The maximum atomic E-state index is 9.38. The summed E-state index contributed by atoms with van der Waals surface area (Å²) in [5, 5.41) is 10.0. The standard InChI is InChI=1S/C9H10BrClN2O/c10-6-3-8(11)9(12-4-6)13-2-1-7(14)5-13/h3-4,7,14H,1-2,5H2. The second kappa shape index (κ2) is 4.04. The summed E-state index contributed by atoms with van der Waals surface area (Å²) in [5.74, 6) is 0.756. The zero-order chi connectivity index (χ0) is 10.1. The van der Waals surface area contributed by atoms with E-state index in [0.717, 1.165) is 23.3 Å². The first-order valence-electron chi connectivity index (χ1n) is 4.41. The summed E-state index contributed by atoms with van der Waals surface area (Å²) in [5.41, 5.74) is 0. The Hall–Kier alpha value is -0.320. The molecule has 1 atom stereocenters. The van der Waals surface area contributed by atoms with Gasteiger partial charge in [-0.15, -0.1) is 0 Å². The molecule has 1 aromatic rings. The SMILES string of the molecule is OC1CCN(c2ncc(Br)cc2Cl)C1. The molecule has 0 aliphatic carbocycles. The number of halogens is 2. The number of aliphatic hydroxyl groups is 1. The molecule has 0 radical (unpaired) electrons. The molecule has 0 saturated carbocycles. The molecule has 2 rings (SSSR count). The lowest BCUT2D eigenvalue weighted by Gasteiger charge is -2.17. The minimum atomic E-state index is -0.253. The number of rotatable bonds is 1. The van der Waals surface area contributed by atoms with E-state index < -0.39 is 0 Å². The van der Waals surface area contributed by atoms with Crippen LogP contribution in [0.5, 0.6) is 0 Å². The van der Waals surface area contributed by atoms with Crippen LogP contribution in [0, 0.1) is 0 Å². The van der Waals surface area contributed by atoms with Gasteiger partial charge < -0.3 is 10.0 Å². The van der Waals surface area contributed by atoms with Crippen molar-refractivity contribution in [1.29, 1.82) is 0 Å². The fourth-order valence-corrected chi connectivity index (χ4v) is 2.32. The first-order valence-corrected chi connectivity index (χ1v) is 5.58. The average Bonchev–Trinajstić information content (AvgIpc) is 2.51. The van der Waals surface area contributed by atoms with Gasteiger partial charge in [0, 0.05) is 23.8 Å². The van der Waals surface area contributed by atoms with Gasteiger partial charge in [-0.25, -0.2) is 4.98 Å². The van der Waals surface area contributed by atoms with Gasteiger partial charge in [0.1, 0.15) is 5.82 Å². The minimum Gasteiger partial charge on any atom is -0.391 e. The van der Waals surface area contributed by atoms with Crippen LogP contribution < -0.4 is 4.90 Å². The largest absolute Gasteiger partial charge is 0.391 e. The van der Waals surface area contributed by atoms with Crippen molar-refractivity contribution in [3.05, 3.63) is 21.8 Å². The van der Waals surface area contributed by atoms with Crippen molar-refractivity contribution in [3.63, 3.8) is 0 Å². The number of aromatic nitrogens is 1. The summed E-state index contributed by atoms with van der Waals surface area (Å²) in [4.78, 5) is 6.23. The fourth-order valence-electron chi connectivity index (χ4n) is 1.57. The van der Waals surface area contributed by atoms with Gasteiger partial charge in [-0.3, -0.25) is 0 Å². The maximum Gasteiger partial charge on any atom is 0.147 e. The third kappa shape index (κ3) is 2.02. The van der Waals surface area contributed by atoms with Crippen LogP contribution in [-0.2, 0) is 0 Å². The quantitative estimate of drug-likeness (QED) is 0.854. The monoisotopic (exact) mass is 276 g/mol. The van der Waals surface area contributed by atoms with Gasteiger partial charge in [-0.1, -0.05) is 11.6 Å². The molecule has 1 aromatic heterocycles. The van der Waals surface area contributed by atoms with Crippen LogP contribution in [-0.4, -0.2) is 29.3 Å². The van der Waals surface area contributed by atoms with Crippen LogP contribution in [0.4, 0.5) is 5.82 Å². The molecule has 0 bridgehead atoms. The normalized spacial score (nSPS) is 21.6. The molecule has 1 unspecified atom stereocenters. The molecule has 1 aliphatic rings. The highest BCUT2D eigenvalue weighted by Crippen LogP contribution is 2.28. The van der Waals surface area contributed by atoms with E-state index in [0.29, 0.717) is 11.6 Å². The van der Waals surface area contributed by atoms with Crippen molar-refractivity contribution in [1.82, 2.24) is 4.98 Å². The van der Waals surface area contributed by atoms with Gasteiger partial charge in [0.25, 0.3) is 0 Å². The average molecular weight is 278 g/mol. The van der Waals surface area contributed by atoms with Crippen LogP contribution in [0.25, 0.3) is 0 Å². The van der Waals surface area contributed by atoms with Crippen LogP contribution in [0.15, 0.2) is 16.7 Å². The zero-order valence-electron chi connectivity index (χ0n) is 7.45. The first-order chi connectivity index (χ1) is 6.66. The highest BCUT2D eigenvalue weighted by atomic mass is 79.9. The Morgan fingerprint density at radius 3 is 3.00 bits per heavy atom. The number of anilines is 1. The second-order valence-electron chi connectivity index (χ2n) is 3.35. The van der Waals surface area contributed by atoms with Crippen molar-refractivity contribution in [2.24, 2.45) is 0 Å². The van der Waals surface area contributed by atoms with Gasteiger partial charge in [0.15, 0.2) is 0 Å². The lowest BCUT2D eigenvalue weighted by molar-refractivity contribution is 0.198. The van der Waals surface area contributed by atoms with Crippen molar-refractivity contribution < 1.29 is 5.11 Å². The molecular formula is C9H10BrClN2O. The molecule has 76 valence electrons. The summed E-state index contributed by atoms with van der Waals surface area (Å²) in [6.45, 7) is 1.43. The van der Waals surface area contributed by atoms with Crippen LogP contribution in [0.2, 0.25) is 5.02 Å². The van der Waals surface area contributed by atoms with Crippen LogP contribution in [0.3, 0.4) is 0 Å². The molecule has 2 heterocycles. The highest BCUT2D eigenvalue weighted by molar-refractivity contribution is 9.10. The molecule has 1 saturated heterocycles. The molecule has 1 fully saturated rings. The Labute approximate surface area is 95.8 Å². The Morgan fingerprint density at radius 1 is 1.64 bits per heavy atom. The Morgan fingerprint density at radius 2 is 2.43 bits per heavy atom. The lowest BCUT2D eigenvalue weighted by atomic mass is 10.3. The fraction of sp³-hybridized carbons (Fsp3) is 0.444. The van der Waals surface area contributed by atoms with E-state index in [1.165, 1.54) is 0 Å². The third-order valence-electron chi connectivity index (χ3n) is 2.25. The summed E-state index contributed by atoms with van der Waals surface area (Å²) in [6.07, 6.45) is 2.25. The van der Waals surface area contributed by atoms with Gasteiger partial charge in [-0.2, -0.15) is 0 Å². The number of β-amino-alcohol motifs (C(OH)–C–C–N with tert-alkyl or cyclic N) is 1. The van der Waals surface area contributed by atoms with Crippen molar-refractivity contribution in [3.8, 4) is 0 Å². The van der Waals surface area contributed by atoms with E-state index in [1.807, 2.05) is 11.0 Å². The number of pyridine rings is 1. The molecule has 0 amide bonds. The number of nitrogens with zero attached hydrogens (tertiary/aromatic N) is 2. The van der Waals surface area contributed by atoms with E-state index in [2.05, 4.69) is 20.9 Å². The summed E-state index contributed by atoms with van der Waals surface area (Å²) in [6, 6.07) is 1.81. The predicted molar refractivity (Wildman–Crippen MR) is 59.8 cm³/mol. The molecule has 1 N–H and O–H groups in total. The van der Waals surface area contributed by atoms with Crippen LogP contribution >= 0.6 is 27.5 Å². The number of hydrogen-bond donors (Lipinski definition) is 1. The molecule has 5 heteroatoms. The predicted octanol–water partition coefficient (Wildman–Crippen LogP) is 2.07. The molecular weight excluding hydrogens is 267 g/mol. The van der Waals surface area contributed by atoms with E-state index in [-0.39, 0.29) is 6.10 Å². The molecule has 1 aliphatic heterocycles.